The third-order valence-corrected chi connectivity index (χ3v) is 2.15. The molecule has 0 amide bonds. The minimum atomic E-state index is -1.66. The molecule has 1 N–H and O–H groups in total. The number of ether oxygens (including phenoxy) is 1. The Morgan fingerprint density at radius 2 is 2.12 bits per heavy atom. The van der Waals surface area contributed by atoms with E-state index in [9.17, 15) is 18.7 Å². The van der Waals surface area contributed by atoms with Crippen LogP contribution in [0.4, 0.5) is 8.78 Å². The third kappa shape index (κ3) is 2.55. The van der Waals surface area contributed by atoms with Crippen LogP contribution in [-0.2, 0) is 9.53 Å². The maximum atomic E-state index is 13.1. The number of carbonyl (C=O) groups excluding carboxylic acids is 1. The number of benzene rings is 1. The average molecular weight is 230 g/mol. The molecule has 0 radical (unpaired) electrons. The van der Waals surface area contributed by atoms with Gasteiger partial charge in [-0.3, -0.25) is 0 Å². The lowest BCUT2D eigenvalue weighted by molar-refractivity contribution is -0.153. The molecule has 1 aromatic carbocycles. The van der Waals surface area contributed by atoms with Gasteiger partial charge < -0.3 is 9.84 Å². The van der Waals surface area contributed by atoms with E-state index in [1.807, 2.05) is 0 Å². The lowest BCUT2D eigenvalue weighted by Crippen LogP contribution is -2.17. The second-order valence-corrected chi connectivity index (χ2v) is 3.26. The van der Waals surface area contributed by atoms with Gasteiger partial charge in [0.15, 0.2) is 6.10 Å². The summed E-state index contributed by atoms with van der Waals surface area (Å²) in [6.45, 7) is 3.02. The van der Waals surface area contributed by atoms with Crippen LogP contribution in [0.2, 0.25) is 0 Å². The summed E-state index contributed by atoms with van der Waals surface area (Å²) in [6.07, 6.45) is -1.66. The zero-order valence-corrected chi connectivity index (χ0v) is 8.96. The first kappa shape index (κ1) is 12.6. The van der Waals surface area contributed by atoms with Crippen LogP contribution in [0, 0.1) is 18.6 Å². The second kappa shape index (κ2) is 5.03. The Morgan fingerprint density at radius 3 is 2.69 bits per heavy atom. The van der Waals surface area contributed by atoms with Gasteiger partial charge in [0.1, 0.15) is 11.6 Å². The molecular formula is C11H12F2O3. The van der Waals surface area contributed by atoms with Crippen LogP contribution in [0.5, 0.6) is 0 Å². The van der Waals surface area contributed by atoms with Crippen molar-refractivity contribution >= 4 is 5.97 Å². The van der Waals surface area contributed by atoms with E-state index in [4.69, 9.17) is 0 Å². The van der Waals surface area contributed by atoms with Crippen LogP contribution in [0.3, 0.4) is 0 Å². The zero-order chi connectivity index (χ0) is 12.3. The monoisotopic (exact) mass is 230 g/mol. The van der Waals surface area contributed by atoms with Crippen molar-refractivity contribution in [3.05, 3.63) is 34.9 Å². The molecule has 0 spiro atoms. The van der Waals surface area contributed by atoms with E-state index >= 15 is 0 Å². The maximum absolute atomic E-state index is 13.1. The van der Waals surface area contributed by atoms with Gasteiger partial charge in [-0.15, -0.1) is 0 Å². The third-order valence-electron chi connectivity index (χ3n) is 2.15. The Hall–Kier alpha value is -1.49. The Labute approximate surface area is 91.7 Å². The Bertz CT molecular complexity index is 404. The summed E-state index contributed by atoms with van der Waals surface area (Å²) >= 11 is 0. The van der Waals surface area contributed by atoms with Crippen LogP contribution in [0.25, 0.3) is 0 Å². The smallest absolute Gasteiger partial charge is 0.339 e. The Balaban J connectivity index is 3.08. The van der Waals surface area contributed by atoms with Crippen molar-refractivity contribution in [3.63, 3.8) is 0 Å². The highest BCUT2D eigenvalue weighted by molar-refractivity contribution is 5.76. The topological polar surface area (TPSA) is 46.5 Å². The first-order valence-corrected chi connectivity index (χ1v) is 4.77. The molecule has 1 atom stereocenters. The van der Waals surface area contributed by atoms with Gasteiger partial charge in [-0.05, 0) is 25.5 Å². The van der Waals surface area contributed by atoms with Gasteiger partial charge in [0, 0.05) is 11.6 Å². The maximum Gasteiger partial charge on any atom is 0.339 e. The standard InChI is InChI=1S/C11H12F2O3/c1-3-16-11(15)10(14)8-4-7(12)5-9(13)6(8)2/h4-5,10,14H,3H2,1-2H3. The number of aliphatic hydroxyl groups is 1. The molecule has 0 saturated heterocycles. The minimum Gasteiger partial charge on any atom is -0.464 e. The molecular weight excluding hydrogens is 218 g/mol. The predicted molar refractivity (Wildman–Crippen MR) is 52.7 cm³/mol. The largest absolute Gasteiger partial charge is 0.464 e. The van der Waals surface area contributed by atoms with Gasteiger partial charge >= 0.3 is 5.97 Å². The molecule has 0 saturated carbocycles. The summed E-state index contributed by atoms with van der Waals surface area (Å²) < 4.78 is 30.6. The SMILES string of the molecule is CCOC(=O)C(O)c1cc(F)cc(F)c1C. The van der Waals surface area contributed by atoms with Crippen molar-refractivity contribution in [2.75, 3.05) is 6.61 Å². The number of rotatable bonds is 3. The van der Waals surface area contributed by atoms with Gasteiger partial charge in [0.25, 0.3) is 0 Å². The lowest BCUT2D eigenvalue weighted by Gasteiger charge is -2.13. The van der Waals surface area contributed by atoms with Crippen LogP contribution in [-0.4, -0.2) is 17.7 Å². The van der Waals surface area contributed by atoms with Crippen LogP contribution in [0.1, 0.15) is 24.2 Å². The van der Waals surface area contributed by atoms with E-state index in [1.54, 1.807) is 6.92 Å². The molecule has 0 aliphatic rings. The van der Waals surface area contributed by atoms with E-state index < -0.39 is 23.7 Å². The fraction of sp³-hybridized carbons (Fsp3) is 0.364. The summed E-state index contributed by atoms with van der Waals surface area (Å²) in [4.78, 5) is 11.2. The molecule has 3 nitrogen and oxygen atoms in total. The van der Waals surface area contributed by atoms with Gasteiger partial charge in [-0.1, -0.05) is 0 Å². The number of hydrogen-bond acceptors (Lipinski definition) is 3. The van der Waals surface area contributed by atoms with Crippen molar-refractivity contribution in [1.29, 1.82) is 0 Å². The number of carbonyl (C=O) groups is 1. The Morgan fingerprint density at radius 1 is 1.50 bits per heavy atom. The fourth-order valence-electron chi connectivity index (χ4n) is 1.30. The predicted octanol–water partition coefficient (Wildman–Crippen LogP) is 1.87. The van der Waals surface area contributed by atoms with E-state index in [-0.39, 0.29) is 17.7 Å². The van der Waals surface area contributed by atoms with Crippen LogP contribution >= 0.6 is 0 Å². The van der Waals surface area contributed by atoms with E-state index in [0.29, 0.717) is 6.07 Å². The first-order valence-electron chi connectivity index (χ1n) is 4.77. The summed E-state index contributed by atoms with van der Waals surface area (Å²) in [7, 11) is 0. The highest BCUT2D eigenvalue weighted by Gasteiger charge is 2.22. The molecule has 5 heteroatoms. The molecule has 1 rings (SSSR count). The lowest BCUT2D eigenvalue weighted by atomic mass is 10.0. The van der Waals surface area contributed by atoms with Gasteiger partial charge in [-0.2, -0.15) is 0 Å². The highest BCUT2D eigenvalue weighted by atomic mass is 19.1. The summed E-state index contributed by atoms with van der Waals surface area (Å²) in [5.74, 6) is -2.57. The van der Waals surface area contributed by atoms with E-state index in [2.05, 4.69) is 4.74 Å². The second-order valence-electron chi connectivity index (χ2n) is 3.26. The normalized spacial score (nSPS) is 12.3. The van der Waals surface area contributed by atoms with Gasteiger partial charge in [-0.25, -0.2) is 13.6 Å². The number of aliphatic hydroxyl groups excluding tert-OH is 1. The summed E-state index contributed by atoms with van der Waals surface area (Å²) in [6, 6.07) is 1.61. The van der Waals surface area contributed by atoms with Gasteiger partial charge in [0.05, 0.1) is 6.61 Å². The summed E-state index contributed by atoms with van der Waals surface area (Å²) in [5, 5.41) is 9.54. The highest BCUT2D eigenvalue weighted by Crippen LogP contribution is 2.22. The number of halogens is 2. The molecule has 1 unspecified atom stereocenters. The minimum absolute atomic E-state index is 0.0296. The van der Waals surface area contributed by atoms with Gasteiger partial charge in [0.2, 0.25) is 0 Å². The molecule has 0 aliphatic heterocycles. The number of esters is 1. The Kier molecular flexibility index (Phi) is 3.95. The van der Waals surface area contributed by atoms with E-state index in [0.717, 1.165) is 6.07 Å². The molecule has 1 aromatic rings. The van der Waals surface area contributed by atoms with Crippen molar-refractivity contribution in [2.24, 2.45) is 0 Å². The molecule has 0 fully saturated rings. The molecule has 0 heterocycles. The molecule has 16 heavy (non-hydrogen) atoms. The molecule has 0 aromatic heterocycles. The van der Waals surface area contributed by atoms with Crippen molar-refractivity contribution in [2.45, 2.75) is 20.0 Å². The van der Waals surface area contributed by atoms with Crippen LogP contribution in [0.15, 0.2) is 12.1 Å². The van der Waals surface area contributed by atoms with E-state index in [1.165, 1.54) is 6.92 Å². The molecule has 0 aliphatic carbocycles. The quantitative estimate of drug-likeness (QED) is 0.806. The molecule has 88 valence electrons. The zero-order valence-electron chi connectivity index (χ0n) is 8.96. The van der Waals surface area contributed by atoms with Crippen LogP contribution < -0.4 is 0 Å². The van der Waals surface area contributed by atoms with Crippen molar-refractivity contribution < 1.29 is 23.4 Å². The molecule has 0 bridgehead atoms. The average Bonchev–Trinajstić information content (AvgIpc) is 2.22. The first-order chi connectivity index (χ1) is 7.47. The van der Waals surface area contributed by atoms with Crippen molar-refractivity contribution in [3.8, 4) is 0 Å². The summed E-state index contributed by atoms with van der Waals surface area (Å²) in [5.41, 5.74) is -0.0853. The number of hydrogen-bond donors (Lipinski definition) is 1. The van der Waals surface area contributed by atoms with Crippen molar-refractivity contribution in [1.82, 2.24) is 0 Å². The fourth-order valence-corrected chi connectivity index (χ4v) is 1.30.